The summed E-state index contributed by atoms with van der Waals surface area (Å²) < 4.78 is 15.7. The summed E-state index contributed by atoms with van der Waals surface area (Å²) in [6.07, 6.45) is 4.26. The summed E-state index contributed by atoms with van der Waals surface area (Å²) >= 11 is 0. The minimum absolute atomic E-state index is 0.0155. The number of ether oxygens (including phenoxy) is 3. The van der Waals surface area contributed by atoms with Crippen LogP contribution in [0.2, 0.25) is 0 Å². The number of carbonyl (C=O) groups is 2. The van der Waals surface area contributed by atoms with Crippen molar-refractivity contribution in [3.63, 3.8) is 0 Å². The molecule has 1 N–H and O–H groups in total. The molecule has 3 aromatic rings. The van der Waals surface area contributed by atoms with E-state index in [1.807, 2.05) is 37.3 Å². The number of esters is 1. The molecular formula is C28H36N6O5. The van der Waals surface area contributed by atoms with Crippen LogP contribution < -0.4 is 10.1 Å². The Hall–Kier alpha value is -3.86. The van der Waals surface area contributed by atoms with Crippen molar-refractivity contribution in [3.05, 3.63) is 53.3 Å². The molecule has 2 aromatic heterocycles. The van der Waals surface area contributed by atoms with Crippen LogP contribution in [0.25, 0.3) is 11.4 Å². The summed E-state index contributed by atoms with van der Waals surface area (Å²) in [6, 6.07) is 11.1. The third-order valence-electron chi connectivity index (χ3n) is 6.81. The van der Waals surface area contributed by atoms with Crippen molar-refractivity contribution in [2.45, 2.75) is 52.1 Å². The lowest BCUT2D eigenvalue weighted by molar-refractivity contribution is -0.146. The van der Waals surface area contributed by atoms with Crippen LogP contribution in [0.5, 0.6) is 5.75 Å². The van der Waals surface area contributed by atoms with E-state index in [-0.39, 0.29) is 23.5 Å². The lowest BCUT2D eigenvalue weighted by atomic mass is 9.82. The van der Waals surface area contributed by atoms with Crippen LogP contribution >= 0.6 is 0 Å². The van der Waals surface area contributed by atoms with E-state index >= 15 is 0 Å². The molecule has 11 heteroatoms. The van der Waals surface area contributed by atoms with Gasteiger partial charge in [-0.2, -0.15) is 4.80 Å². The summed E-state index contributed by atoms with van der Waals surface area (Å²) in [5, 5.41) is 15.9. The predicted octanol–water partition coefficient (Wildman–Crippen LogP) is 3.37. The van der Waals surface area contributed by atoms with E-state index in [0.717, 1.165) is 43.4 Å². The number of tetrazole rings is 1. The predicted molar refractivity (Wildman–Crippen MR) is 143 cm³/mol. The van der Waals surface area contributed by atoms with E-state index in [2.05, 4.69) is 25.7 Å². The molecule has 1 aliphatic rings. The summed E-state index contributed by atoms with van der Waals surface area (Å²) in [4.78, 5) is 30.7. The van der Waals surface area contributed by atoms with Crippen LogP contribution in [0, 0.1) is 18.8 Å². The van der Waals surface area contributed by atoms with Crippen molar-refractivity contribution in [3.8, 4) is 17.1 Å². The van der Waals surface area contributed by atoms with E-state index in [1.54, 1.807) is 18.0 Å². The zero-order valence-electron chi connectivity index (χ0n) is 22.8. The molecular weight excluding hydrogens is 500 g/mol. The monoisotopic (exact) mass is 536 g/mol. The fourth-order valence-corrected chi connectivity index (χ4v) is 4.74. The number of rotatable bonds is 12. The van der Waals surface area contributed by atoms with Crippen LogP contribution in [0.4, 0.5) is 0 Å². The van der Waals surface area contributed by atoms with Crippen LogP contribution in [0.15, 0.2) is 36.4 Å². The first-order valence-corrected chi connectivity index (χ1v) is 13.3. The molecule has 11 nitrogen and oxygen atoms in total. The Kier molecular flexibility index (Phi) is 9.96. The minimum atomic E-state index is -0.291. The van der Waals surface area contributed by atoms with Gasteiger partial charge >= 0.3 is 5.97 Å². The topological polar surface area (TPSA) is 130 Å². The highest BCUT2D eigenvalue weighted by Gasteiger charge is 2.27. The summed E-state index contributed by atoms with van der Waals surface area (Å²) in [6.45, 7) is 4.01. The quantitative estimate of drug-likeness (QED) is 0.273. The summed E-state index contributed by atoms with van der Waals surface area (Å²) in [7, 11) is 3.10. The van der Waals surface area contributed by atoms with Gasteiger partial charge in [0.2, 0.25) is 5.82 Å². The Morgan fingerprint density at radius 2 is 1.90 bits per heavy atom. The molecule has 0 unspecified atom stereocenters. The maximum absolute atomic E-state index is 12.9. The van der Waals surface area contributed by atoms with Crippen LogP contribution in [-0.2, 0) is 27.4 Å². The molecule has 4 rings (SSSR count). The molecule has 0 saturated heterocycles. The van der Waals surface area contributed by atoms with Crippen LogP contribution in [0.3, 0.4) is 0 Å². The number of hydrogen-bond donors (Lipinski definition) is 1. The fourth-order valence-electron chi connectivity index (χ4n) is 4.74. The molecule has 1 aromatic carbocycles. The lowest BCUT2D eigenvalue weighted by Crippen LogP contribution is -2.25. The number of methoxy groups -OCH3 is 2. The molecule has 0 spiro atoms. The summed E-state index contributed by atoms with van der Waals surface area (Å²) in [5.41, 5.74) is 2.57. The van der Waals surface area contributed by atoms with Crippen LogP contribution in [-0.4, -0.2) is 64.5 Å². The van der Waals surface area contributed by atoms with Gasteiger partial charge in [-0.15, -0.1) is 10.2 Å². The molecule has 208 valence electrons. The van der Waals surface area contributed by atoms with Crippen molar-refractivity contribution >= 4 is 11.9 Å². The molecule has 0 bridgehead atoms. The van der Waals surface area contributed by atoms with Crippen molar-refractivity contribution in [2.24, 2.45) is 11.8 Å². The van der Waals surface area contributed by atoms with Gasteiger partial charge in [-0.3, -0.25) is 9.59 Å². The van der Waals surface area contributed by atoms with Gasteiger partial charge in [-0.25, -0.2) is 4.98 Å². The van der Waals surface area contributed by atoms with Gasteiger partial charge in [0.25, 0.3) is 5.91 Å². The standard InChI is InChI=1S/C28H36N6O5/c1-19-14-23(26-31-33-34(32-26)18-20-8-10-22(11-9-20)28(36)38-3)16-25(30-19)27(35)29-17-21-6-4-7-24(15-21)39-13-5-12-37-2/h4,6-7,14-16,20,22H,5,8-13,17-18H2,1-3H3,(H,29,35). The Bertz CT molecular complexity index is 1250. The number of benzene rings is 1. The van der Waals surface area contributed by atoms with E-state index in [1.165, 1.54) is 7.11 Å². The molecule has 0 aliphatic heterocycles. The Morgan fingerprint density at radius 1 is 1.08 bits per heavy atom. The average Bonchev–Trinajstić information content (AvgIpc) is 3.42. The number of hydrogen-bond acceptors (Lipinski definition) is 9. The molecule has 39 heavy (non-hydrogen) atoms. The number of nitrogens with one attached hydrogen (secondary N) is 1. The van der Waals surface area contributed by atoms with Gasteiger partial charge in [0, 0.05) is 37.9 Å². The molecule has 1 fully saturated rings. The lowest BCUT2D eigenvalue weighted by Gasteiger charge is -2.26. The van der Waals surface area contributed by atoms with Gasteiger partial charge in [-0.1, -0.05) is 12.1 Å². The van der Waals surface area contributed by atoms with Gasteiger partial charge in [-0.05, 0) is 73.6 Å². The Morgan fingerprint density at radius 3 is 2.67 bits per heavy atom. The SMILES string of the molecule is COCCCOc1cccc(CNC(=O)c2cc(-c3nnn(CC4CCC(C(=O)OC)CC4)n3)cc(C)n2)c1. The van der Waals surface area contributed by atoms with E-state index in [9.17, 15) is 9.59 Å². The second-order valence-electron chi connectivity index (χ2n) is 9.82. The van der Waals surface area contributed by atoms with Gasteiger partial charge in [0.05, 0.1) is 26.2 Å². The normalized spacial score (nSPS) is 17.0. The second-order valence-corrected chi connectivity index (χ2v) is 9.82. The number of amides is 1. The number of aryl methyl sites for hydroxylation is 1. The fraction of sp³-hybridized carbons (Fsp3) is 0.500. The highest BCUT2D eigenvalue weighted by atomic mass is 16.5. The number of pyridine rings is 1. The van der Waals surface area contributed by atoms with E-state index < -0.39 is 0 Å². The van der Waals surface area contributed by atoms with Gasteiger partial charge < -0.3 is 19.5 Å². The highest BCUT2D eigenvalue weighted by Crippen LogP contribution is 2.30. The van der Waals surface area contributed by atoms with Gasteiger partial charge in [0.15, 0.2) is 0 Å². The molecule has 1 aliphatic carbocycles. The maximum atomic E-state index is 12.9. The zero-order chi connectivity index (χ0) is 27.6. The minimum Gasteiger partial charge on any atom is -0.493 e. The number of nitrogens with zero attached hydrogens (tertiary/aromatic N) is 5. The van der Waals surface area contributed by atoms with Crippen molar-refractivity contribution < 1.29 is 23.8 Å². The van der Waals surface area contributed by atoms with Gasteiger partial charge in [0.1, 0.15) is 11.4 Å². The average molecular weight is 537 g/mol. The summed E-state index contributed by atoms with van der Waals surface area (Å²) in [5.74, 6) is 1.14. The zero-order valence-corrected chi connectivity index (χ0v) is 22.8. The first-order valence-electron chi connectivity index (χ1n) is 13.3. The first-order chi connectivity index (χ1) is 18.9. The van der Waals surface area contributed by atoms with E-state index in [0.29, 0.717) is 49.3 Å². The Labute approximate surface area is 228 Å². The second kappa shape index (κ2) is 13.8. The third-order valence-corrected chi connectivity index (χ3v) is 6.81. The number of carbonyl (C=O) groups excluding carboxylic acids is 2. The molecule has 0 atom stereocenters. The highest BCUT2D eigenvalue weighted by molar-refractivity contribution is 5.93. The maximum Gasteiger partial charge on any atom is 0.308 e. The molecule has 1 saturated carbocycles. The molecule has 0 radical (unpaired) electrons. The Balaban J connectivity index is 1.34. The van der Waals surface area contributed by atoms with Crippen molar-refractivity contribution in [2.75, 3.05) is 27.4 Å². The van der Waals surface area contributed by atoms with Crippen molar-refractivity contribution in [1.29, 1.82) is 0 Å². The van der Waals surface area contributed by atoms with Crippen LogP contribution in [0.1, 0.15) is 53.8 Å². The molecule has 1 amide bonds. The molecule has 2 heterocycles. The smallest absolute Gasteiger partial charge is 0.308 e. The largest absolute Gasteiger partial charge is 0.493 e. The third kappa shape index (κ3) is 8.06. The van der Waals surface area contributed by atoms with E-state index in [4.69, 9.17) is 14.2 Å². The van der Waals surface area contributed by atoms with Crippen molar-refractivity contribution in [1.82, 2.24) is 30.5 Å². The number of aromatic nitrogens is 5. The first kappa shape index (κ1) is 28.2.